The van der Waals surface area contributed by atoms with E-state index in [4.69, 9.17) is 22.1 Å². The highest BCUT2D eigenvalue weighted by Crippen LogP contribution is 2.33. The number of hydrogen-bond donors (Lipinski definition) is 4. The van der Waals surface area contributed by atoms with E-state index in [1.165, 1.54) is 18.2 Å². The standard InChI is InChI=1S/C52H62ClF3N10O4/c53-37-9-6-34(7-10-37)45(62-51(69)52(57)18-27-64(28-19-52)49-43-12-20-59-48(43)60-33-61-49)17-24-63-22-13-39(14-23-63)70-40-15-25-65(26-16-40)50(68)42-5-1-4-41(47(42)56)36-3-2-21-66(32-36)46(67)31-58-30-35-8-11-38(54)29-44(35)55/h1,4-12,20,29,33,36,39-40,45,58H,2-3,13-19,21-28,30-32,57H2,(H,62,69)(H,59,60,61)/t36?,45-/m0/s1. The zero-order valence-electron chi connectivity index (χ0n) is 39.4. The molecule has 0 saturated carbocycles. The first-order chi connectivity index (χ1) is 33.9. The Morgan fingerprint density at radius 1 is 0.871 bits per heavy atom. The number of carbonyl (C=O) groups is 3. The molecule has 372 valence electrons. The number of carbonyl (C=O) groups excluding carboxylic acids is 3. The quantitative estimate of drug-likeness (QED) is 0.0872. The molecule has 5 aromatic rings. The van der Waals surface area contributed by atoms with Gasteiger partial charge < -0.3 is 45.7 Å². The van der Waals surface area contributed by atoms with Gasteiger partial charge in [0.2, 0.25) is 11.8 Å². The third-order valence-electron chi connectivity index (χ3n) is 14.8. The van der Waals surface area contributed by atoms with Crippen molar-refractivity contribution in [3.8, 4) is 0 Å². The van der Waals surface area contributed by atoms with Crippen molar-refractivity contribution < 1.29 is 32.3 Å². The van der Waals surface area contributed by atoms with Crippen molar-refractivity contribution in [3.05, 3.63) is 124 Å². The average molecular weight is 984 g/mol. The van der Waals surface area contributed by atoms with E-state index in [9.17, 15) is 23.2 Å². The van der Waals surface area contributed by atoms with Crippen LogP contribution in [0.2, 0.25) is 5.02 Å². The molecule has 4 aliphatic rings. The van der Waals surface area contributed by atoms with E-state index in [2.05, 4.69) is 35.4 Å². The Balaban J connectivity index is 0.714. The summed E-state index contributed by atoms with van der Waals surface area (Å²) in [5.41, 5.74) is 8.31. The smallest absolute Gasteiger partial charge is 0.256 e. The van der Waals surface area contributed by atoms with Gasteiger partial charge in [0.25, 0.3) is 5.91 Å². The number of hydrogen-bond acceptors (Lipinski definition) is 10. The van der Waals surface area contributed by atoms with E-state index in [1.807, 2.05) is 36.5 Å². The predicted molar refractivity (Wildman–Crippen MR) is 262 cm³/mol. The SMILES string of the molecule is NC1(C(=O)N[C@@H](CCN2CCC(OC3CCN(C(=O)c4cccc(C5CCCN(C(=O)CNCc6ccc(F)cc6F)C5)c4F)CC3)CC2)c2ccc(Cl)cc2)CCN(c2ncnc3[nH]ccc23)CC1. The highest BCUT2D eigenvalue weighted by atomic mass is 35.5. The molecule has 3 aromatic carbocycles. The molecule has 4 saturated heterocycles. The Morgan fingerprint density at radius 2 is 1.61 bits per heavy atom. The Bertz CT molecular complexity index is 2610. The monoisotopic (exact) mass is 982 g/mol. The maximum absolute atomic E-state index is 16.2. The molecule has 3 amide bonds. The van der Waals surface area contributed by atoms with Crippen molar-refractivity contribution in [1.29, 1.82) is 0 Å². The van der Waals surface area contributed by atoms with Crippen molar-refractivity contribution in [2.75, 3.05) is 70.3 Å². The van der Waals surface area contributed by atoms with Crippen LogP contribution in [0.3, 0.4) is 0 Å². The topological polar surface area (TPSA) is 165 Å². The molecule has 14 nitrogen and oxygen atoms in total. The number of aromatic amines is 1. The molecule has 4 fully saturated rings. The summed E-state index contributed by atoms with van der Waals surface area (Å²) >= 11 is 6.26. The number of nitrogens with zero attached hydrogens (tertiary/aromatic N) is 6. The van der Waals surface area contributed by atoms with Gasteiger partial charge in [-0.1, -0.05) is 41.9 Å². The summed E-state index contributed by atoms with van der Waals surface area (Å²) in [7, 11) is 0. The maximum atomic E-state index is 16.2. The van der Waals surface area contributed by atoms with Gasteiger partial charge in [-0.15, -0.1) is 0 Å². The van der Waals surface area contributed by atoms with Crippen molar-refractivity contribution in [2.24, 2.45) is 5.73 Å². The largest absolute Gasteiger partial charge is 0.375 e. The second kappa shape index (κ2) is 22.2. The Labute approximate surface area is 411 Å². The number of fused-ring (bicyclic) bond motifs is 1. The second-order valence-corrected chi connectivity index (χ2v) is 19.8. The lowest BCUT2D eigenvalue weighted by atomic mass is 9.86. The number of aromatic nitrogens is 3. The van der Waals surface area contributed by atoms with Crippen molar-refractivity contribution >= 4 is 46.2 Å². The number of nitrogens with one attached hydrogen (secondary N) is 3. The summed E-state index contributed by atoms with van der Waals surface area (Å²) in [6.45, 7) is 5.47. The first-order valence-corrected chi connectivity index (χ1v) is 25.0. The number of rotatable bonds is 15. The van der Waals surface area contributed by atoms with Gasteiger partial charge in [0.15, 0.2) is 0 Å². The van der Waals surface area contributed by atoms with Crippen LogP contribution in [-0.4, -0.2) is 131 Å². The van der Waals surface area contributed by atoms with Crippen LogP contribution in [0.1, 0.15) is 96.8 Å². The average Bonchev–Trinajstić information content (AvgIpc) is 3.87. The normalized spacial score (nSPS) is 19.9. The lowest BCUT2D eigenvalue weighted by Gasteiger charge is -2.40. The van der Waals surface area contributed by atoms with Gasteiger partial charge in [-0.25, -0.2) is 23.1 Å². The number of H-pyrrole nitrogens is 1. The van der Waals surface area contributed by atoms with Gasteiger partial charge >= 0.3 is 0 Å². The third kappa shape index (κ3) is 11.6. The fourth-order valence-electron chi connectivity index (χ4n) is 10.6. The van der Waals surface area contributed by atoms with Crippen LogP contribution < -0.4 is 21.3 Å². The minimum atomic E-state index is -1.02. The van der Waals surface area contributed by atoms with E-state index >= 15 is 4.39 Å². The number of halogens is 4. The molecule has 2 atom stereocenters. The van der Waals surface area contributed by atoms with Gasteiger partial charge in [-0.05, 0) is 99.2 Å². The van der Waals surface area contributed by atoms with Gasteiger partial charge in [-0.3, -0.25) is 14.4 Å². The molecule has 70 heavy (non-hydrogen) atoms. The van der Waals surface area contributed by atoms with Crippen molar-refractivity contribution in [1.82, 2.24) is 40.3 Å². The zero-order chi connectivity index (χ0) is 48.8. The summed E-state index contributed by atoms with van der Waals surface area (Å²) in [6.07, 6.45) is 9.59. The molecular weight excluding hydrogens is 921 g/mol. The minimum absolute atomic E-state index is 0.00213. The third-order valence-corrected chi connectivity index (χ3v) is 15.0. The molecule has 5 N–H and O–H groups in total. The zero-order valence-corrected chi connectivity index (χ0v) is 40.1. The Kier molecular flexibility index (Phi) is 15.7. The Morgan fingerprint density at radius 3 is 2.36 bits per heavy atom. The number of anilines is 1. The van der Waals surface area contributed by atoms with Crippen LogP contribution in [-0.2, 0) is 20.9 Å². The highest BCUT2D eigenvalue weighted by molar-refractivity contribution is 6.30. The summed E-state index contributed by atoms with van der Waals surface area (Å²) in [4.78, 5) is 60.8. The van der Waals surface area contributed by atoms with Gasteiger partial charge in [0.1, 0.15) is 35.2 Å². The van der Waals surface area contributed by atoms with Gasteiger partial charge in [0.05, 0.1) is 41.3 Å². The van der Waals surface area contributed by atoms with Gasteiger partial charge in [0, 0.05) is 94.2 Å². The molecule has 4 aliphatic heterocycles. The second-order valence-electron chi connectivity index (χ2n) is 19.3. The number of nitrogens with two attached hydrogens (primary N) is 1. The molecule has 1 unspecified atom stereocenters. The molecule has 2 aromatic heterocycles. The maximum Gasteiger partial charge on any atom is 0.256 e. The fraction of sp³-hybridized carbons (Fsp3) is 0.481. The minimum Gasteiger partial charge on any atom is -0.375 e. The number of piperidine rings is 4. The molecule has 0 radical (unpaired) electrons. The number of amides is 3. The van der Waals surface area contributed by atoms with Crippen LogP contribution in [0.5, 0.6) is 0 Å². The lowest BCUT2D eigenvalue weighted by molar-refractivity contribution is -0.131. The summed E-state index contributed by atoms with van der Waals surface area (Å²) in [5.74, 6) is -2.01. The molecule has 0 bridgehead atoms. The first kappa shape index (κ1) is 49.4. The van der Waals surface area contributed by atoms with Gasteiger partial charge in [-0.2, -0.15) is 0 Å². The van der Waals surface area contributed by atoms with Crippen LogP contribution in [0.25, 0.3) is 11.0 Å². The van der Waals surface area contributed by atoms with Crippen LogP contribution in [0.15, 0.2) is 79.3 Å². The number of benzene rings is 3. The van der Waals surface area contributed by atoms with E-state index < -0.39 is 23.0 Å². The summed E-state index contributed by atoms with van der Waals surface area (Å²) in [6, 6.07) is 17.6. The molecule has 9 rings (SSSR count). The molecular formula is C52H62ClF3N10O4. The number of likely N-dealkylation sites (tertiary alicyclic amines) is 3. The number of ether oxygens (including phenoxy) is 1. The van der Waals surface area contributed by atoms with Crippen LogP contribution >= 0.6 is 11.6 Å². The van der Waals surface area contributed by atoms with Crippen LogP contribution in [0, 0.1) is 17.5 Å². The summed E-state index contributed by atoms with van der Waals surface area (Å²) < 4.78 is 50.2. The molecule has 6 heterocycles. The fourth-order valence-corrected chi connectivity index (χ4v) is 10.7. The molecule has 0 aliphatic carbocycles. The van der Waals surface area contributed by atoms with Crippen LogP contribution in [0.4, 0.5) is 19.0 Å². The van der Waals surface area contributed by atoms with E-state index in [-0.39, 0.29) is 66.1 Å². The molecule has 0 spiro atoms. The first-order valence-electron chi connectivity index (χ1n) is 24.7. The van der Waals surface area contributed by atoms with E-state index in [0.717, 1.165) is 61.0 Å². The van der Waals surface area contributed by atoms with Crippen molar-refractivity contribution in [2.45, 2.75) is 94.0 Å². The van der Waals surface area contributed by atoms with Crippen molar-refractivity contribution in [3.63, 3.8) is 0 Å². The lowest BCUT2D eigenvalue weighted by Crippen LogP contribution is -2.60. The van der Waals surface area contributed by atoms with E-state index in [0.29, 0.717) is 94.8 Å². The molecule has 18 heteroatoms. The summed E-state index contributed by atoms with van der Waals surface area (Å²) in [5, 5.41) is 7.83. The van der Waals surface area contributed by atoms with E-state index in [1.54, 1.807) is 28.3 Å². The highest BCUT2D eigenvalue weighted by Gasteiger charge is 2.40. The Hall–Kier alpha value is -5.59. The predicted octanol–water partition coefficient (Wildman–Crippen LogP) is 6.86.